The van der Waals surface area contributed by atoms with Gasteiger partial charge in [0.05, 0.1) is 7.11 Å². The van der Waals surface area contributed by atoms with Gasteiger partial charge in [0.1, 0.15) is 6.29 Å². The van der Waals surface area contributed by atoms with E-state index < -0.39 is 15.6 Å². The lowest BCUT2D eigenvalue weighted by Crippen LogP contribution is -1.85. The topological polar surface area (TPSA) is 171 Å². The van der Waals surface area contributed by atoms with Crippen LogP contribution in [0.3, 0.4) is 0 Å². The third kappa shape index (κ3) is 8.78. The van der Waals surface area contributed by atoms with Crippen LogP contribution in [0.4, 0.5) is 0 Å². The van der Waals surface area contributed by atoms with Crippen LogP contribution in [0.2, 0.25) is 0 Å². The van der Waals surface area contributed by atoms with Crippen LogP contribution < -0.4 is 4.74 Å². The van der Waals surface area contributed by atoms with E-state index in [4.69, 9.17) is 29.4 Å². The summed E-state index contributed by atoms with van der Waals surface area (Å²) in [5.74, 6) is 0.354. The largest absolute Gasteiger partial charge is 0.504 e. The van der Waals surface area contributed by atoms with Crippen molar-refractivity contribution in [3.05, 3.63) is 23.8 Å². The Morgan fingerprint density at radius 2 is 1.60 bits per heavy atom. The van der Waals surface area contributed by atoms with Crippen LogP contribution in [0.1, 0.15) is 10.4 Å². The Balaban J connectivity index is 0.000000370. The number of carbonyl (C=O) groups is 1. The Bertz CT molecular complexity index is 524. The lowest BCUT2D eigenvalue weighted by molar-refractivity contribution is 0.112. The Kier molecular flexibility index (Phi) is 7.04. The van der Waals surface area contributed by atoms with Crippen molar-refractivity contribution in [2.45, 2.75) is 0 Å². The summed E-state index contributed by atoms with van der Waals surface area (Å²) in [6.07, 6.45) is 0.696. The van der Waals surface area contributed by atoms with E-state index in [-0.39, 0.29) is 5.75 Å². The first-order valence-corrected chi connectivity index (χ1v) is 7.69. The highest BCUT2D eigenvalue weighted by Crippen LogP contribution is 2.53. The van der Waals surface area contributed by atoms with E-state index in [1.165, 1.54) is 25.3 Å². The summed E-state index contributed by atoms with van der Waals surface area (Å²) in [6.45, 7) is 0. The van der Waals surface area contributed by atoms with Crippen molar-refractivity contribution in [3.63, 3.8) is 0 Å². The van der Waals surface area contributed by atoms with Crippen LogP contribution >= 0.6 is 15.6 Å². The fourth-order valence-electron chi connectivity index (χ4n) is 0.906. The minimum atomic E-state index is -5.05. The Hall–Kier alpha value is -1.25. The second-order valence-electron chi connectivity index (χ2n) is 3.11. The molecule has 0 atom stereocenters. The Morgan fingerprint density at radius 3 is 1.90 bits per heavy atom. The van der Waals surface area contributed by atoms with Crippen molar-refractivity contribution in [1.29, 1.82) is 0 Å². The molecular weight excluding hydrogens is 318 g/mol. The molecule has 0 aromatic heterocycles. The molecule has 1 aromatic rings. The summed E-state index contributed by atoms with van der Waals surface area (Å²) in [5.41, 5.74) is 0.486. The van der Waals surface area contributed by atoms with Gasteiger partial charge in [-0.1, -0.05) is 0 Å². The third-order valence-electron chi connectivity index (χ3n) is 1.55. The van der Waals surface area contributed by atoms with Crippen molar-refractivity contribution in [2.75, 3.05) is 7.11 Å². The second kappa shape index (κ2) is 7.51. The maximum Gasteiger partial charge on any atom is 0.478 e. The highest BCUT2D eigenvalue weighted by Gasteiger charge is 2.27. The molecule has 20 heavy (non-hydrogen) atoms. The van der Waals surface area contributed by atoms with Gasteiger partial charge in [0.2, 0.25) is 0 Å². The van der Waals surface area contributed by atoms with Crippen molar-refractivity contribution in [3.8, 4) is 11.5 Å². The fraction of sp³-hybridized carbons (Fsp3) is 0.125. The van der Waals surface area contributed by atoms with Crippen molar-refractivity contribution in [2.24, 2.45) is 0 Å². The number of aromatic hydroxyl groups is 1. The van der Waals surface area contributed by atoms with Gasteiger partial charge in [0.15, 0.2) is 11.5 Å². The molecule has 1 aromatic carbocycles. The molecule has 0 saturated carbocycles. The lowest BCUT2D eigenvalue weighted by Gasteiger charge is -2.03. The summed E-state index contributed by atoms with van der Waals surface area (Å²) >= 11 is 0. The first-order valence-electron chi connectivity index (χ1n) is 4.63. The van der Waals surface area contributed by atoms with Gasteiger partial charge in [0, 0.05) is 5.56 Å². The zero-order chi connectivity index (χ0) is 16.0. The van der Waals surface area contributed by atoms with E-state index in [1.54, 1.807) is 0 Å². The molecule has 114 valence electrons. The van der Waals surface area contributed by atoms with Crippen LogP contribution in [0.25, 0.3) is 0 Å². The Morgan fingerprint density at radius 1 is 1.10 bits per heavy atom. The average Bonchev–Trinajstić information content (AvgIpc) is 2.25. The summed E-state index contributed by atoms with van der Waals surface area (Å²) in [6, 6.07) is 4.41. The minimum absolute atomic E-state index is 0.0399. The number of benzene rings is 1. The van der Waals surface area contributed by atoms with Crippen LogP contribution in [0.15, 0.2) is 18.2 Å². The van der Waals surface area contributed by atoms with E-state index in [9.17, 15) is 13.9 Å². The number of aldehydes is 1. The number of phenolic OH excluding ortho intramolecular Hbond substituents is 1. The normalized spacial score (nSPS) is 11.2. The molecule has 0 bridgehead atoms. The van der Waals surface area contributed by atoms with E-state index in [0.29, 0.717) is 17.6 Å². The van der Waals surface area contributed by atoms with Crippen LogP contribution in [0.5, 0.6) is 11.5 Å². The van der Waals surface area contributed by atoms with Gasteiger partial charge in [-0.05, 0) is 18.2 Å². The molecule has 0 aliphatic carbocycles. The quantitative estimate of drug-likeness (QED) is 0.384. The molecule has 5 N–H and O–H groups in total. The van der Waals surface area contributed by atoms with E-state index in [0.717, 1.165) is 0 Å². The molecule has 0 amide bonds. The summed E-state index contributed by atoms with van der Waals surface area (Å²) in [5, 5.41) is 9.09. The van der Waals surface area contributed by atoms with Crippen molar-refractivity contribution in [1.82, 2.24) is 0 Å². The minimum Gasteiger partial charge on any atom is -0.504 e. The fourth-order valence-corrected chi connectivity index (χ4v) is 2.01. The predicted octanol–water partition coefficient (Wildman–Crippen LogP) is 0.402. The molecule has 0 fully saturated rings. The number of rotatable bonds is 4. The standard InChI is InChI=1S/C8H8O3.H4O7P2/c1-11-8-4-6(5-9)2-3-7(8)10;1-8(2,3)7-9(4,5)6/h2-5,10H,1H3;(H2,1,2,3)(H2,4,5,6). The van der Waals surface area contributed by atoms with E-state index in [2.05, 4.69) is 4.31 Å². The van der Waals surface area contributed by atoms with Crippen molar-refractivity contribution < 1.29 is 47.7 Å². The van der Waals surface area contributed by atoms with E-state index in [1.807, 2.05) is 0 Å². The number of carbonyl (C=O) groups excluding carboxylic acids is 1. The van der Waals surface area contributed by atoms with Crippen molar-refractivity contribution >= 4 is 21.9 Å². The van der Waals surface area contributed by atoms with Gasteiger partial charge in [-0.2, -0.15) is 4.31 Å². The molecule has 0 unspecified atom stereocenters. The lowest BCUT2D eigenvalue weighted by atomic mass is 10.2. The number of phosphoric acid groups is 2. The van der Waals surface area contributed by atoms with Gasteiger partial charge < -0.3 is 29.4 Å². The number of ether oxygens (including phenoxy) is 1. The molecule has 10 nitrogen and oxygen atoms in total. The number of hydrogen-bond donors (Lipinski definition) is 5. The molecule has 12 heteroatoms. The second-order valence-corrected chi connectivity index (χ2v) is 5.73. The third-order valence-corrected chi connectivity index (χ3v) is 3.25. The molecule has 0 saturated heterocycles. The molecule has 0 aliphatic rings. The van der Waals surface area contributed by atoms with Gasteiger partial charge in [-0.25, -0.2) is 9.13 Å². The maximum absolute atomic E-state index is 10.2. The zero-order valence-corrected chi connectivity index (χ0v) is 11.8. The Labute approximate surface area is 113 Å². The number of methoxy groups -OCH3 is 1. The maximum atomic E-state index is 10.2. The highest BCUT2D eigenvalue weighted by molar-refractivity contribution is 7.60. The van der Waals surface area contributed by atoms with Gasteiger partial charge in [0.25, 0.3) is 0 Å². The smallest absolute Gasteiger partial charge is 0.478 e. The SMILES string of the molecule is COc1cc(C=O)ccc1O.O=P(O)(O)OP(=O)(O)O. The summed E-state index contributed by atoms with van der Waals surface area (Å²) in [4.78, 5) is 41.2. The number of hydrogen-bond acceptors (Lipinski definition) is 6. The first-order chi connectivity index (χ1) is 8.98. The summed E-state index contributed by atoms with van der Waals surface area (Å²) in [7, 11) is -8.67. The van der Waals surface area contributed by atoms with Crippen LogP contribution in [0, 0.1) is 0 Å². The van der Waals surface area contributed by atoms with Gasteiger partial charge >= 0.3 is 15.6 Å². The first kappa shape index (κ1) is 18.8. The molecule has 0 spiro atoms. The van der Waals surface area contributed by atoms with Crippen LogP contribution in [-0.2, 0) is 13.4 Å². The molecule has 0 aliphatic heterocycles. The van der Waals surface area contributed by atoms with E-state index >= 15 is 0 Å². The predicted molar refractivity (Wildman–Crippen MR) is 65.2 cm³/mol. The van der Waals surface area contributed by atoms with Gasteiger partial charge in [-0.15, -0.1) is 0 Å². The van der Waals surface area contributed by atoms with Gasteiger partial charge in [-0.3, -0.25) is 4.79 Å². The molecule has 0 heterocycles. The number of phenols is 1. The monoisotopic (exact) mass is 330 g/mol. The molecule has 0 radical (unpaired) electrons. The summed E-state index contributed by atoms with van der Waals surface area (Å²) < 4.78 is 27.0. The van der Waals surface area contributed by atoms with Crippen LogP contribution in [-0.4, -0.2) is 38.1 Å². The molecule has 1 rings (SSSR count). The highest BCUT2D eigenvalue weighted by atomic mass is 31.3. The zero-order valence-electron chi connectivity index (χ0n) is 9.98. The molecular formula is C8H12O10P2. The average molecular weight is 330 g/mol.